The van der Waals surface area contributed by atoms with Crippen LogP contribution in [0, 0.1) is 0 Å². The van der Waals surface area contributed by atoms with Gasteiger partial charge in [0.15, 0.2) is 0 Å². The number of hydrogen-bond acceptors (Lipinski definition) is 2. The van der Waals surface area contributed by atoms with Crippen molar-refractivity contribution in [3.05, 3.63) is 12.7 Å². The fraction of sp³-hybridized carbons (Fsp3) is 0.600. The minimum Gasteiger partial charge on any atom is -0.312 e. The van der Waals surface area contributed by atoms with E-state index in [2.05, 4.69) is 16.5 Å². The predicted octanol–water partition coefficient (Wildman–Crippen LogP) is 0.543. The second-order valence-electron chi connectivity index (χ2n) is 2.15. The Kier molecular flexibility index (Phi) is 2.29. The fourth-order valence-electron chi connectivity index (χ4n) is 0.927. The fourth-order valence-corrected chi connectivity index (χ4v) is 3.68. The summed E-state index contributed by atoms with van der Waals surface area (Å²) in [6.45, 7) is 5.65. The molecule has 2 N–H and O–H groups in total. The molecule has 0 bridgehead atoms. The standard InChI is InChI=1S/C5H11ClN2Si/c1-2-5-9(6)7-3-4-8-9/h2,7-8H,1,3-5H2. The van der Waals surface area contributed by atoms with Crippen molar-refractivity contribution in [2.45, 2.75) is 6.04 Å². The summed E-state index contributed by atoms with van der Waals surface area (Å²) in [7, 11) is -1.73. The normalized spacial score (nSPS) is 24.1. The highest BCUT2D eigenvalue weighted by molar-refractivity contribution is 7.18. The highest BCUT2D eigenvalue weighted by Crippen LogP contribution is 2.10. The highest BCUT2D eigenvalue weighted by Gasteiger charge is 2.32. The molecule has 0 aromatic heterocycles. The molecular formula is C5H11ClN2Si. The lowest BCUT2D eigenvalue weighted by Crippen LogP contribution is -2.49. The van der Waals surface area contributed by atoms with E-state index in [0.717, 1.165) is 19.1 Å². The van der Waals surface area contributed by atoms with Crippen LogP contribution >= 0.6 is 11.1 Å². The van der Waals surface area contributed by atoms with Gasteiger partial charge in [-0.1, -0.05) is 6.08 Å². The van der Waals surface area contributed by atoms with Gasteiger partial charge in [0.05, 0.1) is 0 Å². The maximum absolute atomic E-state index is 6.12. The lowest BCUT2D eigenvalue weighted by Gasteiger charge is -2.14. The van der Waals surface area contributed by atoms with E-state index in [0.29, 0.717) is 0 Å². The van der Waals surface area contributed by atoms with Crippen LogP contribution in [0.3, 0.4) is 0 Å². The van der Waals surface area contributed by atoms with Gasteiger partial charge in [0.25, 0.3) is 0 Å². The van der Waals surface area contributed by atoms with Crippen molar-refractivity contribution < 1.29 is 0 Å². The molecular weight excluding hydrogens is 152 g/mol. The van der Waals surface area contributed by atoms with Crippen LogP contribution in [0.15, 0.2) is 12.7 Å². The third-order valence-electron chi connectivity index (χ3n) is 1.36. The maximum atomic E-state index is 6.12. The number of halogens is 1. The molecule has 9 heavy (non-hydrogen) atoms. The van der Waals surface area contributed by atoms with Gasteiger partial charge in [-0.2, -0.15) is 0 Å². The van der Waals surface area contributed by atoms with E-state index in [1.807, 2.05) is 6.08 Å². The van der Waals surface area contributed by atoms with Crippen molar-refractivity contribution in [2.24, 2.45) is 0 Å². The Morgan fingerprint density at radius 3 is 2.56 bits per heavy atom. The summed E-state index contributed by atoms with van der Waals surface area (Å²) < 4.78 is 0. The van der Waals surface area contributed by atoms with Crippen molar-refractivity contribution in [3.8, 4) is 0 Å². The van der Waals surface area contributed by atoms with Gasteiger partial charge in [0.1, 0.15) is 0 Å². The molecule has 52 valence electrons. The monoisotopic (exact) mass is 162 g/mol. The molecule has 0 atom stereocenters. The van der Waals surface area contributed by atoms with Gasteiger partial charge < -0.3 is 9.96 Å². The molecule has 1 aliphatic rings. The van der Waals surface area contributed by atoms with E-state index in [9.17, 15) is 0 Å². The second-order valence-corrected chi connectivity index (χ2v) is 6.80. The molecule has 0 amide bonds. The molecule has 0 unspecified atom stereocenters. The molecule has 1 heterocycles. The number of rotatable bonds is 2. The molecule has 0 saturated carbocycles. The average molecular weight is 163 g/mol. The van der Waals surface area contributed by atoms with Gasteiger partial charge in [0, 0.05) is 19.1 Å². The topological polar surface area (TPSA) is 24.1 Å². The Hall–Kier alpha value is 0.167. The molecule has 0 spiro atoms. The number of allylic oxidation sites excluding steroid dienone is 1. The largest absolute Gasteiger partial charge is 0.312 e. The molecule has 1 rings (SSSR count). The van der Waals surface area contributed by atoms with Crippen LogP contribution in [0.5, 0.6) is 0 Å². The lowest BCUT2D eigenvalue weighted by molar-refractivity contribution is 0.942. The third-order valence-corrected chi connectivity index (χ3v) is 5.10. The SMILES string of the molecule is C=CC[Si]1(Cl)NCCN1. The summed E-state index contributed by atoms with van der Waals surface area (Å²) in [6, 6.07) is 0.897. The van der Waals surface area contributed by atoms with Crippen LogP contribution < -0.4 is 9.96 Å². The van der Waals surface area contributed by atoms with E-state index < -0.39 is 7.71 Å². The molecule has 0 aromatic rings. The minimum absolute atomic E-state index is 0.897. The molecule has 1 fully saturated rings. The Morgan fingerprint density at radius 1 is 1.56 bits per heavy atom. The summed E-state index contributed by atoms with van der Waals surface area (Å²) in [4.78, 5) is 6.51. The van der Waals surface area contributed by atoms with Crippen molar-refractivity contribution in [2.75, 3.05) is 13.1 Å². The Bertz CT molecular complexity index is 112. The zero-order chi connectivity index (χ0) is 6.74. The molecule has 0 aromatic carbocycles. The molecule has 1 aliphatic heterocycles. The molecule has 1 saturated heterocycles. The summed E-state index contributed by atoms with van der Waals surface area (Å²) in [6.07, 6.45) is 1.87. The van der Waals surface area contributed by atoms with E-state index in [1.54, 1.807) is 0 Å². The first-order valence-corrected chi connectivity index (χ1v) is 6.29. The first-order valence-electron chi connectivity index (χ1n) is 3.07. The van der Waals surface area contributed by atoms with Gasteiger partial charge in [-0.15, -0.1) is 17.7 Å². The van der Waals surface area contributed by atoms with E-state index in [1.165, 1.54) is 0 Å². The van der Waals surface area contributed by atoms with Crippen molar-refractivity contribution >= 4 is 18.8 Å². The molecule has 0 aliphatic carbocycles. The van der Waals surface area contributed by atoms with E-state index >= 15 is 0 Å². The molecule has 0 radical (unpaired) electrons. The van der Waals surface area contributed by atoms with Crippen LogP contribution in [-0.2, 0) is 0 Å². The summed E-state index contributed by atoms with van der Waals surface area (Å²) >= 11 is 6.12. The van der Waals surface area contributed by atoms with Crippen molar-refractivity contribution in [3.63, 3.8) is 0 Å². The first kappa shape index (κ1) is 7.28. The van der Waals surface area contributed by atoms with E-state index in [4.69, 9.17) is 11.1 Å². The quantitative estimate of drug-likeness (QED) is 0.352. The molecule has 2 nitrogen and oxygen atoms in total. The van der Waals surface area contributed by atoms with Gasteiger partial charge in [-0.3, -0.25) is 0 Å². The van der Waals surface area contributed by atoms with Gasteiger partial charge in [-0.05, 0) is 0 Å². The molecule has 4 heteroatoms. The lowest BCUT2D eigenvalue weighted by atomic mass is 10.7. The van der Waals surface area contributed by atoms with Crippen LogP contribution in [-0.4, -0.2) is 20.8 Å². The minimum atomic E-state index is -1.73. The van der Waals surface area contributed by atoms with Crippen molar-refractivity contribution in [1.29, 1.82) is 0 Å². The third kappa shape index (κ3) is 1.79. The van der Waals surface area contributed by atoms with Gasteiger partial charge in [0.2, 0.25) is 0 Å². The van der Waals surface area contributed by atoms with E-state index in [-0.39, 0.29) is 0 Å². The number of hydrogen-bond donors (Lipinski definition) is 2. The van der Waals surface area contributed by atoms with Crippen LogP contribution in [0.1, 0.15) is 0 Å². The summed E-state index contributed by atoms with van der Waals surface area (Å²) in [5.74, 6) is 0. The zero-order valence-corrected chi connectivity index (χ0v) is 7.04. The average Bonchev–Trinajstić information content (AvgIpc) is 2.16. The highest BCUT2D eigenvalue weighted by atomic mass is 35.6. The summed E-state index contributed by atoms with van der Waals surface area (Å²) in [5, 5.41) is 0. The first-order chi connectivity index (χ1) is 4.27. The van der Waals surface area contributed by atoms with Crippen LogP contribution in [0.25, 0.3) is 0 Å². The maximum Gasteiger partial charge on any atom is 0.306 e. The van der Waals surface area contributed by atoms with Gasteiger partial charge >= 0.3 is 7.71 Å². The van der Waals surface area contributed by atoms with Crippen LogP contribution in [0.4, 0.5) is 0 Å². The summed E-state index contributed by atoms with van der Waals surface area (Å²) in [5.41, 5.74) is 0. The Balaban J connectivity index is 2.40. The second kappa shape index (κ2) is 2.83. The Labute approximate surface area is 61.2 Å². The Morgan fingerprint density at radius 2 is 2.11 bits per heavy atom. The zero-order valence-electron chi connectivity index (χ0n) is 5.28. The predicted molar refractivity (Wildman–Crippen MR) is 42.6 cm³/mol. The van der Waals surface area contributed by atoms with Gasteiger partial charge in [-0.25, -0.2) is 0 Å². The number of nitrogens with one attached hydrogen (secondary N) is 2. The smallest absolute Gasteiger partial charge is 0.306 e. The van der Waals surface area contributed by atoms with Crippen molar-refractivity contribution in [1.82, 2.24) is 9.96 Å². The van der Waals surface area contributed by atoms with Crippen LogP contribution in [0.2, 0.25) is 6.04 Å².